The SMILES string of the molecule is Nc1cnc(C(F)(F)F)cc1Nc1ccccc1Cl. The standard InChI is InChI=1S/C12H9ClF3N3/c13-7-3-1-2-4-9(7)19-10-5-11(12(14,15)16)18-6-8(10)17/h1-6H,17H2,(H,18,19). The number of aromatic nitrogens is 1. The van der Waals surface area contributed by atoms with Gasteiger partial charge >= 0.3 is 6.18 Å². The molecule has 0 amide bonds. The maximum atomic E-state index is 12.6. The van der Waals surface area contributed by atoms with Crippen molar-refractivity contribution >= 4 is 28.7 Å². The minimum absolute atomic E-state index is 0.105. The number of hydrogen-bond acceptors (Lipinski definition) is 3. The number of para-hydroxylation sites is 1. The molecule has 100 valence electrons. The molecule has 2 rings (SSSR count). The molecule has 0 aliphatic carbocycles. The third-order valence-electron chi connectivity index (χ3n) is 2.37. The van der Waals surface area contributed by atoms with E-state index in [4.69, 9.17) is 17.3 Å². The number of halogens is 4. The first-order chi connectivity index (χ1) is 8.88. The van der Waals surface area contributed by atoms with Crippen molar-refractivity contribution in [3.63, 3.8) is 0 Å². The quantitative estimate of drug-likeness (QED) is 0.875. The summed E-state index contributed by atoms with van der Waals surface area (Å²) in [5, 5.41) is 3.14. The minimum atomic E-state index is -4.52. The number of nitrogens with one attached hydrogen (secondary N) is 1. The van der Waals surface area contributed by atoms with Gasteiger partial charge in [0.1, 0.15) is 5.69 Å². The van der Waals surface area contributed by atoms with Crippen LogP contribution in [0.4, 0.5) is 30.2 Å². The molecule has 0 spiro atoms. The molecule has 0 saturated heterocycles. The molecule has 0 atom stereocenters. The van der Waals surface area contributed by atoms with Crippen LogP contribution in [0.15, 0.2) is 36.5 Å². The van der Waals surface area contributed by atoms with E-state index in [-0.39, 0.29) is 11.4 Å². The zero-order valence-electron chi connectivity index (χ0n) is 9.50. The van der Waals surface area contributed by atoms with Gasteiger partial charge < -0.3 is 11.1 Å². The molecular weight excluding hydrogens is 279 g/mol. The monoisotopic (exact) mass is 287 g/mol. The van der Waals surface area contributed by atoms with Crippen LogP contribution >= 0.6 is 11.6 Å². The molecule has 3 nitrogen and oxygen atoms in total. The molecule has 0 aliphatic rings. The van der Waals surface area contributed by atoms with Gasteiger partial charge in [0.2, 0.25) is 0 Å². The normalized spacial score (nSPS) is 11.4. The lowest BCUT2D eigenvalue weighted by molar-refractivity contribution is -0.141. The van der Waals surface area contributed by atoms with Crippen molar-refractivity contribution < 1.29 is 13.2 Å². The van der Waals surface area contributed by atoms with E-state index < -0.39 is 11.9 Å². The number of pyridine rings is 1. The molecule has 1 heterocycles. The fraction of sp³-hybridized carbons (Fsp3) is 0.0833. The van der Waals surface area contributed by atoms with E-state index in [1.54, 1.807) is 24.3 Å². The Morgan fingerprint density at radius 3 is 2.47 bits per heavy atom. The van der Waals surface area contributed by atoms with Gasteiger partial charge in [-0.05, 0) is 18.2 Å². The van der Waals surface area contributed by atoms with Crippen molar-refractivity contribution in [1.29, 1.82) is 0 Å². The summed E-state index contributed by atoms with van der Waals surface area (Å²) in [6, 6.07) is 7.51. The highest BCUT2D eigenvalue weighted by Crippen LogP contribution is 2.33. The highest BCUT2D eigenvalue weighted by Gasteiger charge is 2.33. The predicted molar refractivity (Wildman–Crippen MR) is 68.4 cm³/mol. The third kappa shape index (κ3) is 3.08. The lowest BCUT2D eigenvalue weighted by atomic mass is 10.2. The molecule has 2 aromatic rings. The van der Waals surface area contributed by atoms with Crippen LogP contribution in [-0.2, 0) is 6.18 Å². The lowest BCUT2D eigenvalue weighted by Gasteiger charge is -2.13. The Bertz CT molecular complexity index is 599. The predicted octanol–water partition coefficient (Wildman–Crippen LogP) is 4.08. The van der Waals surface area contributed by atoms with Crippen LogP contribution in [0.3, 0.4) is 0 Å². The maximum absolute atomic E-state index is 12.6. The van der Waals surface area contributed by atoms with Gasteiger partial charge in [-0.2, -0.15) is 13.2 Å². The molecule has 1 aromatic carbocycles. The summed E-state index contributed by atoms with van der Waals surface area (Å²) in [6.07, 6.45) is -3.56. The second-order valence-electron chi connectivity index (χ2n) is 3.76. The zero-order valence-corrected chi connectivity index (χ0v) is 10.3. The van der Waals surface area contributed by atoms with Crippen LogP contribution in [0.25, 0.3) is 0 Å². The molecule has 0 fully saturated rings. The van der Waals surface area contributed by atoms with E-state index in [2.05, 4.69) is 10.3 Å². The molecular formula is C12H9ClF3N3. The summed E-state index contributed by atoms with van der Waals surface area (Å²) < 4.78 is 37.7. The highest BCUT2D eigenvalue weighted by atomic mass is 35.5. The van der Waals surface area contributed by atoms with Crippen LogP contribution in [0.1, 0.15) is 5.69 Å². The van der Waals surface area contributed by atoms with Crippen molar-refractivity contribution in [1.82, 2.24) is 4.98 Å². The first kappa shape index (κ1) is 13.5. The first-order valence-electron chi connectivity index (χ1n) is 5.22. The van der Waals surface area contributed by atoms with Crippen molar-refractivity contribution in [2.75, 3.05) is 11.1 Å². The Morgan fingerprint density at radius 2 is 1.84 bits per heavy atom. The molecule has 1 aromatic heterocycles. The third-order valence-corrected chi connectivity index (χ3v) is 2.70. The van der Waals surface area contributed by atoms with Crippen LogP contribution in [0.5, 0.6) is 0 Å². The van der Waals surface area contributed by atoms with E-state index in [1.165, 1.54) is 0 Å². The summed E-state index contributed by atoms with van der Waals surface area (Å²) in [6.45, 7) is 0. The van der Waals surface area contributed by atoms with Crippen molar-refractivity contribution in [3.05, 3.63) is 47.2 Å². The number of rotatable bonds is 2. The number of nitrogens with zero attached hydrogens (tertiary/aromatic N) is 1. The number of nitrogen functional groups attached to an aromatic ring is 1. The van der Waals surface area contributed by atoms with Crippen molar-refractivity contribution in [2.45, 2.75) is 6.18 Å². The topological polar surface area (TPSA) is 50.9 Å². The molecule has 0 unspecified atom stereocenters. The summed E-state index contributed by atoms with van der Waals surface area (Å²) in [4.78, 5) is 3.25. The molecule has 3 N–H and O–H groups in total. The van der Waals surface area contributed by atoms with E-state index in [0.29, 0.717) is 10.7 Å². The zero-order chi connectivity index (χ0) is 14.0. The largest absolute Gasteiger partial charge is 0.433 e. The fourth-order valence-electron chi connectivity index (χ4n) is 1.44. The lowest BCUT2D eigenvalue weighted by Crippen LogP contribution is -2.09. The second-order valence-corrected chi connectivity index (χ2v) is 4.17. The van der Waals surface area contributed by atoms with Gasteiger partial charge in [0.25, 0.3) is 0 Å². The Balaban J connectivity index is 2.38. The Morgan fingerprint density at radius 1 is 1.16 bits per heavy atom. The highest BCUT2D eigenvalue weighted by molar-refractivity contribution is 6.33. The van der Waals surface area contributed by atoms with Crippen molar-refractivity contribution in [2.24, 2.45) is 0 Å². The number of hydrogen-bond donors (Lipinski definition) is 2. The average Bonchev–Trinajstić information content (AvgIpc) is 2.33. The van der Waals surface area contributed by atoms with Gasteiger partial charge in [-0.25, -0.2) is 4.98 Å². The number of benzene rings is 1. The summed E-state index contributed by atoms with van der Waals surface area (Å²) >= 11 is 5.92. The van der Waals surface area contributed by atoms with Gasteiger partial charge in [0.15, 0.2) is 0 Å². The van der Waals surface area contributed by atoms with Gasteiger partial charge in [-0.3, -0.25) is 0 Å². The van der Waals surface area contributed by atoms with Crippen LogP contribution < -0.4 is 11.1 Å². The summed E-state index contributed by atoms with van der Waals surface area (Å²) in [5.41, 5.74) is 5.26. The molecule has 7 heteroatoms. The number of alkyl halides is 3. The Kier molecular flexibility index (Phi) is 3.53. The van der Waals surface area contributed by atoms with Crippen LogP contribution in [-0.4, -0.2) is 4.98 Å². The van der Waals surface area contributed by atoms with Crippen LogP contribution in [0, 0.1) is 0 Å². The van der Waals surface area contributed by atoms with E-state index in [9.17, 15) is 13.2 Å². The first-order valence-corrected chi connectivity index (χ1v) is 5.60. The fourth-order valence-corrected chi connectivity index (χ4v) is 1.62. The molecule has 0 saturated carbocycles. The van der Waals surface area contributed by atoms with Gasteiger partial charge in [-0.1, -0.05) is 23.7 Å². The molecule has 0 aliphatic heterocycles. The average molecular weight is 288 g/mol. The number of nitrogens with two attached hydrogens (primary N) is 1. The van der Waals surface area contributed by atoms with Gasteiger partial charge in [-0.15, -0.1) is 0 Å². The Labute approximate surface area is 112 Å². The molecule has 19 heavy (non-hydrogen) atoms. The summed E-state index contributed by atoms with van der Waals surface area (Å²) in [5.74, 6) is 0. The minimum Gasteiger partial charge on any atom is -0.396 e. The van der Waals surface area contributed by atoms with Gasteiger partial charge in [0.05, 0.1) is 28.3 Å². The van der Waals surface area contributed by atoms with Gasteiger partial charge in [0, 0.05) is 0 Å². The Hall–Kier alpha value is -1.95. The molecule has 0 radical (unpaired) electrons. The second kappa shape index (κ2) is 4.97. The summed E-state index contributed by atoms with van der Waals surface area (Å²) in [7, 11) is 0. The number of anilines is 3. The van der Waals surface area contributed by atoms with E-state index in [1.807, 2.05) is 0 Å². The van der Waals surface area contributed by atoms with Crippen molar-refractivity contribution in [3.8, 4) is 0 Å². The smallest absolute Gasteiger partial charge is 0.396 e. The molecule has 0 bridgehead atoms. The van der Waals surface area contributed by atoms with E-state index >= 15 is 0 Å². The van der Waals surface area contributed by atoms with Crippen LogP contribution in [0.2, 0.25) is 5.02 Å². The van der Waals surface area contributed by atoms with E-state index in [0.717, 1.165) is 12.3 Å². The maximum Gasteiger partial charge on any atom is 0.433 e.